The number of thiazole rings is 1. The van der Waals surface area contributed by atoms with E-state index in [-0.39, 0.29) is 5.75 Å². The van der Waals surface area contributed by atoms with Crippen molar-refractivity contribution in [1.82, 2.24) is 9.88 Å². The molecule has 0 atom stereocenters. The number of ether oxygens (including phenoxy) is 1. The van der Waals surface area contributed by atoms with Gasteiger partial charge in [0.2, 0.25) is 0 Å². The lowest BCUT2D eigenvalue weighted by Crippen LogP contribution is -2.19. The monoisotopic (exact) mass is 448 g/mol. The Morgan fingerprint density at radius 3 is 2.42 bits per heavy atom. The number of benzene rings is 2. The van der Waals surface area contributed by atoms with Crippen LogP contribution in [0.1, 0.15) is 38.3 Å². The van der Waals surface area contributed by atoms with Crippen LogP contribution in [0, 0.1) is 0 Å². The summed E-state index contributed by atoms with van der Waals surface area (Å²) in [5.74, 6) is -0.228. The van der Waals surface area contributed by atoms with Gasteiger partial charge in [0, 0.05) is 17.5 Å². The first kappa shape index (κ1) is 23.3. The molecule has 0 fully saturated rings. The smallest absolute Gasteiger partial charge is 0.406 e. The molecular formula is C24H27F3N2OS. The number of halogens is 3. The van der Waals surface area contributed by atoms with Gasteiger partial charge in [-0.1, -0.05) is 56.5 Å². The Labute approximate surface area is 185 Å². The van der Waals surface area contributed by atoms with Gasteiger partial charge in [-0.3, -0.25) is 0 Å². The van der Waals surface area contributed by atoms with Crippen molar-refractivity contribution in [3.63, 3.8) is 0 Å². The predicted molar refractivity (Wildman–Crippen MR) is 120 cm³/mol. The van der Waals surface area contributed by atoms with Gasteiger partial charge >= 0.3 is 6.36 Å². The SMILES string of the molecule is CCCCCCN(C)Cc1csc(-c2cccc(-c3cccc(OC(F)(F)F)c3)c2)n1. The highest BCUT2D eigenvalue weighted by Crippen LogP contribution is 2.31. The molecule has 0 amide bonds. The average molecular weight is 449 g/mol. The van der Waals surface area contributed by atoms with Crippen LogP contribution >= 0.6 is 11.3 Å². The highest BCUT2D eigenvalue weighted by molar-refractivity contribution is 7.13. The second-order valence-electron chi connectivity index (χ2n) is 7.60. The Bertz CT molecular complexity index is 971. The van der Waals surface area contributed by atoms with E-state index in [1.54, 1.807) is 23.5 Å². The van der Waals surface area contributed by atoms with Crippen molar-refractivity contribution in [2.75, 3.05) is 13.6 Å². The van der Waals surface area contributed by atoms with Gasteiger partial charge in [0.15, 0.2) is 0 Å². The lowest BCUT2D eigenvalue weighted by molar-refractivity contribution is -0.274. The summed E-state index contributed by atoms with van der Waals surface area (Å²) in [6.45, 7) is 4.07. The first-order valence-electron chi connectivity index (χ1n) is 10.4. The molecule has 0 aliphatic heterocycles. The lowest BCUT2D eigenvalue weighted by atomic mass is 10.0. The molecule has 1 aromatic heterocycles. The van der Waals surface area contributed by atoms with Gasteiger partial charge in [0.1, 0.15) is 10.8 Å². The van der Waals surface area contributed by atoms with Crippen LogP contribution in [0.2, 0.25) is 0 Å². The molecule has 3 rings (SSSR count). The van der Waals surface area contributed by atoms with E-state index in [0.29, 0.717) is 5.56 Å². The fourth-order valence-electron chi connectivity index (χ4n) is 3.38. The normalized spacial score (nSPS) is 11.8. The molecule has 0 N–H and O–H groups in total. The van der Waals surface area contributed by atoms with Crippen molar-refractivity contribution in [3.8, 4) is 27.4 Å². The first-order chi connectivity index (χ1) is 14.8. The third-order valence-corrected chi connectivity index (χ3v) is 5.83. The molecule has 1 heterocycles. The molecule has 31 heavy (non-hydrogen) atoms. The summed E-state index contributed by atoms with van der Waals surface area (Å²) in [5.41, 5.74) is 3.45. The average Bonchev–Trinajstić information content (AvgIpc) is 3.19. The molecule has 0 aliphatic rings. The fraction of sp³-hybridized carbons (Fsp3) is 0.375. The number of unbranched alkanes of at least 4 members (excludes halogenated alkanes) is 3. The summed E-state index contributed by atoms with van der Waals surface area (Å²) in [6.07, 6.45) is 0.251. The van der Waals surface area contributed by atoms with Crippen LogP contribution in [0.25, 0.3) is 21.7 Å². The maximum atomic E-state index is 12.5. The summed E-state index contributed by atoms with van der Waals surface area (Å²) in [6, 6.07) is 13.7. The van der Waals surface area contributed by atoms with E-state index in [9.17, 15) is 13.2 Å². The van der Waals surface area contributed by atoms with Crippen molar-refractivity contribution >= 4 is 11.3 Å². The zero-order chi connectivity index (χ0) is 22.3. The molecule has 3 nitrogen and oxygen atoms in total. The van der Waals surface area contributed by atoms with Gasteiger partial charge in [0.05, 0.1) is 5.69 Å². The van der Waals surface area contributed by atoms with Crippen molar-refractivity contribution in [2.45, 2.75) is 45.5 Å². The van der Waals surface area contributed by atoms with Gasteiger partial charge in [-0.25, -0.2) is 4.98 Å². The van der Waals surface area contributed by atoms with Crippen LogP contribution in [-0.2, 0) is 6.54 Å². The zero-order valence-corrected chi connectivity index (χ0v) is 18.6. The summed E-state index contributed by atoms with van der Waals surface area (Å²) in [5, 5.41) is 2.97. The molecule has 0 spiro atoms. The summed E-state index contributed by atoms with van der Waals surface area (Å²) >= 11 is 1.58. The van der Waals surface area contributed by atoms with Crippen molar-refractivity contribution in [3.05, 3.63) is 59.6 Å². The Kier molecular flexibility index (Phi) is 8.09. The van der Waals surface area contributed by atoms with Gasteiger partial charge in [0.25, 0.3) is 0 Å². The Balaban J connectivity index is 1.69. The predicted octanol–water partition coefficient (Wildman–Crippen LogP) is 7.39. The van der Waals surface area contributed by atoms with Gasteiger partial charge < -0.3 is 9.64 Å². The number of alkyl halides is 3. The van der Waals surface area contributed by atoms with E-state index >= 15 is 0 Å². The number of hydrogen-bond donors (Lipinski definition) is 0. The number of rotatable bonds is 10. The minimum absolute atomic E-state index is 0.228. The van der Waals surface area contributed by atoms with Crippen molar-refractivity contribution in [1.29, 1.82) is 0 Å². The topological polar surface area (TPSA) is 25.4 Å². The molecule has 0 saturated heterocycles. The van der Waals surface area contributed by atoms with E-state index in [1.165, 1.54) is 37.8 Å². The van der Waals surface area contributed by atoms with E-state index in [0.717, 1.165) is 34.9 Å². The molecule has 0 aliphatic carbocycles. The summed E-state index contributed by atoms with van der Waals surface area (Å²) in [4.78, 5) is 7.06. The standard InChI is InChI=1S/C24H27F3N2OS/c1-3-4-5-6-13-29(2)16-21-17-31-23(28-21)20-11-7-9-18(14-20)19-10-8-12-22(15-19)30-24(25,26)27/h7-12,14-15,17H,3-6,13,16H2,1-2H3. The van der Waals surface area contributed by atoms with E-state index in [1.807, 2.05) is 24.3 Å². The third kappa shape index (κ3) is 7.36. The number of hydrogen-bond acceptors (Lipinski definition) is 4. The van der Waals surface area contributed by atoms with Crippen LogP contribution in [0.4, 0.5) is 13.2 Å². The molecule has 0 bridgehead atoms. The molecule has 0 unspecified atom stereocenters. The molecular weight excluding hydrogens is 421 g/mol. The fourth-order valence-corrected chi connectivity index (χ4v) is 4.19. The first-order valence-corrected chi connectivity index (χ1v) is 11.3. The minimum atomic E-state index is -4.71. The minimum Gasteiger partial charge on any atom is -0.406 e. The van der Waals surface area contributed by atoms with E-state index in [2.05, 4.69) is 29.0 Å². The Morgan fingerprint density at radius 1 is 0.968 bits per heavy atom. The second-order valence-corrected chi connectivity index (χ2v) is 8.46. The van der Waals surface area contributed by atoms with Crippen LogP contribution in [-0.4, -0.2) is 29.8 Å². The van der Waals surface area contributed by atoms with Crippen LogP contribution in [0.5, 0.6) is 5.75 Å². The lowest BCUT2D eigenvalue weighted by Gasteiger charge is -2.14. The van der Waals surface area contributed by atoms with Crippen LogP contribution in [0.15, 0.2) is 53.9 Å². The summed E-state index contributed by atoms with van der Waals surface area (Å²) < 4.78 is 41.6. The second kappa shape index (κ2) is 10.8. The Hall–Kier alpha value is -2.38. The summed E-state index contributed by atoms with van der Waals surface area (Å²) in [7, 11) is 2.11. The highest BCUT2D eigenvalue weighted by Gasteiger charge is 2.31. The molecule has 0 saturated carbocycles. The van der Waals surface area contributed by atoms with Crippen molar-refractivity contribution in [2.24, 2.45) is 0 Å². The Morgan fingerprint density at radius 2 is 1.68 bits per heavy atom. The maximum Gasteiger partial charge on any atom is 0.573 e. The molecule has 2 aromatic carbocycles. The zero-order valence-electron chi connectivity index (χ0n) is 17.8. The highest BCUT2D eigenvalue weighted by atomic mass is 32.1. The quantitative estimate of drug-likeness (QED) is 0.302. The molecule has 7 heteroatoms. The van der Waals surface area contributed by atoms with Crippen LogP contribution in [0.3, 0.4) is 0 Å². The van der Waals surface area contributed by atoms with E-state index in [4.69, 9.17) is 4.98 Å². The third-order valence-electron chi connectivity index (χ3n) is 4.89. The molecule has 3 aromatic rings. The van der Waals surface area contributed by atoms with Gasteiger partial charge in [-0.15, -0.1) is 24.5 Å². The number of aromatic nitrogens is 1. The largest absolute Gasteiger partial charge is 0.573 e. The van der Waals surface area contributed by atoms with Gasteiger partial charge in [-0.05, 0) is 49.3 Å². The molecule has 0 radical (unpaired) electrons. The van der Waals surface area contributed by atoms with Gasteiger partial charge in [-0.2, -0.15) is 0 Å². The van der Waals surface area contributed by atoms with Crippen LogP contribution < -0.4 is 4.74 Å². The van der Waals surface area contributed by atoms with Crippen molar-refractivity contribution < 1.29 is 17.9 Å². The molecule has 166 valence electrons. The number of nitrogens with zero attached hydrogens (tertiary/aromatic N) is 2. The van der Waals surface area contributed by atoms with E-state index < -0.39 is 6.36 Å². The maximum absolute atomic E-state index is 12.5.